The van der Waals surface area contributed by atoms with E-state index in [1.54, 1.807) is 0 Å². The number of hydrogen-bond acceptors (Lipinski definition) is 3. The molecule has 19 heavy (non-hydrogen) atoms. The minimum absolute atomic E-state index is 0.156. The molecule has 3 N–H and O–H groups in total. The molecular weight excluding hydrogens is 236 g/mol. The van der Waals surface area contributed by atoms with E-state index in [9.17, 15) is 0 Å². The highest BCUT2D eigenvalue weighted by Crippen LogP contribution is 2.30. The first-order valence-corrected chi connectivity index (χ1v) is 7.33. The van der Waals surface area contributed by atoms with Crippen LogP contribution in [0.25, 0.3) is 0 Å². The Morgan fingerprint density at radius 3 is 2.42 bits per heavy atom. The topological polar surface area (TPSA) is 47.3 Å². The molecule has 1 aromatic rings. The molecule has 3 unspecified atom stereocenters. The molecule has 0 aliphatic heterocycles. The van der Waals surface area contributed by atoms with Gasteiger partial charge in [0, 0.05) is 12.5 Å². The Kier molecular flexibility index (Phi) is 7.72. The van der Waals surface area contributed by atoms with Crippen LogP contribution in [0.15, 0.2) is 30.3 Å². The second-order valence-corrected chi connectivity index (χ2v) is 5.17. The molecule has 3 atom stereocenters. The standard InChI is InChI=1S/C16H28N2O/c1-4-11-19-12-15(18-17)16(13(3)5-2)14-9-7-6-8-10-14/h6-10,13,15-16,18H,4-5,11-12,17H2,1-3H3. The Bertz CT molecular complexity index is 329. The van der Waals surface area contributed by atoms with E-state index >= 15 is 0 Å². The first kappa shape index (κ1) is 16.2. The third-order valence-electron chi connectivity index (χ3n) is 3.73. The molecule has 108 valence electrons. The number of nitrogens with two attached hydrogens (primary N) is 1. The fraction of sp³-hybridized carbons (Fsp3) is 0.625. The van der Waals surface area contributed by atoms with Crippen LogP contribution in [0.5, 0.6) is 0 Å². The molecule has 0 heterocycles. The van der Waals surface area contributed by atoms with Crippen molar-refractivity contribution in [1.82, 2.24) is 5.43 Å². The van der Waals surface area contributed by atoms with Crippen LogP contribution < -0.4 is 11.3 Å². The molecule has 1 aromatic carbocycles. The SMILES string of the molecule is CCCOCC(NN)C(c1ccccc1)C(C)CC. The summed E-state index contributed by atoms with van der Waals surface area (Å²) in [4.78, 5) is 0. The van der Waals surface area contributed by atoms with Crippen molar-refractivity contribution in [2.24, 2.45) is 11.8 Å². The molecule has 1 rings (SSSR count). The van der Waals surface area contributed by atoms with Crippen molar-refractivity contribution in [3.05, 3.63) is 35.9 Å². The molecule has 0 bridgehead atoms. The van der Waals surface area contributed by atoms with Crippen LogP contribution in [0.4, 0.5) is 0 Å². The van der Waals surface area contributed by atoms with Crippen LogP contribution in [0, 0.1) is 5.92 Å². The predicted molar refractivity (Wildman–Crippen MR) is 80.9 cm³/mol. The van der Waals surface area contributed by atoms with Gasteiger partial charge in [0.1, 0.15) is 0 Å². The maximum Gasteiger partial charge on any atom is 0.0639 e. The zero-order valence-electron chi connectivity index (χ0n) is 12.4. The van der Waals surface area contributed by atoms with Crippen molar-refractivity contribution in [3.8, 4) is 0 Å². The molecule has 0 aliphatic rings. The molecule has 0 amide bonds. The second-order valence-electron chi connectivity index (χ2n) is 5.17. The minimum atomic E-state index is 0.156. The quantitative estimate of drug-likeness (QED) is 0.409. The number of hydrazine groups is 1. The fourth-order valence-corrected chi connectivity index (χ4v) is 2.50. The number of nitrogens with one attached hydrogen (secondary N) is 1. The zero-order chi connectivity index (χ0) is 14.1. The van der Waals surface area contributed by atoms with E-state index in [0.717, 1.165) is 19.4 Å². The van der Waals surface area contributed by atoms with E-state index in [2.05, 4.69) is 56.5 Å². The highest BCUT2D eigenvalue weighted by Gasteiger charge is 2.26. The van der Waals surface area contributed by atoms with Gasteiger partial charge in [-0.25, -0.2) is 0 Å². The lowest BCUT2D eigenvalue weighted by Gasteiger charge is -2.31. The zero-order valence-corrected chi connectivity index (χ0v) is 12.4. The summed E-state index contributed by atoms with van der Waals surface area (Å²) in [5.41, 5.74) is 4.28. The van der Waals surface area contributed by atoms with E-state index in [0.29, 0.717) is 18.4 Å². The third kappa shape index (κ3) is 4.94. The van der Waals surface area contributed by atoms with Gasteiger partial charge < -0.3 is 4.74 Å². The molecule has 0 saturated heterocycles. The average molecular weight is 264 g/mol. The van der Waals surface area contributed by atoms with E-state index in [1.165, 1.54) is 5.56 Å². The van der Waals surface area contributed by atoms with Gasteiger partial charge in [-0.15, -0.1) is 0 Å². The van der Waals surface area contributed by atoms with E-state index < -0.39 is 0 Å². The summed E-state index contributed by atoms with van der Waals surface area (Å²) < 4.78 is 5.69. The van der Waals surface area contributed by atoms with Crippen molar-refractivity contribution >= 4 is 0 Å². The van der Waals surface area contributed by atoms with E-state index in [-0.39, 0.29) is 6.04 Å². The summed E-state index contributed by atoms with van der Waals surface area (Å²) in [7, 11) is 0. The number of hydrogen-bond donors (Lipinski definition) is 2. The smallest absolute Gasteiger partial charge is 0.0639 e. The van der Waals surface area contributed by atoms with Crippen molar-refractivity contribution in [1.29, 1.82) is 0 Å². The van der Waals surface area contributed by atoms with Crippen LogP contribution in [0.1, 0.15) is 45.1 Å². The van der Waals surface area contributed by atoms with Gasteiger partial charge in [0.2, 0.25) is 0 Å². The van der Waals surface area contributed by atoms with Gasteiger partial charge >= 0.3 is 0 Å². The highest BCUT2D eigenvalue weighted by molar-refractivity contribution is 5.22. The normalized spacial score (nSPS) is 16.0. The average Bonchev–Trinajstić information content (AvgIpc) is 2.47. The van der Waals surface area contributed by atoms with Gasteiger partial charge in [0.05, 0.1) is 12.6 Å². The van der Waals surface area contributed by atoms with Crippen molar-refractivity contribution in [2.45, 2.75) is 45.6 Å². The molecule has 3 heteroatoms. The molecule has 3 nitrogen and oxygen atoms in total. The lowest BCUT2D eigenvalue weighted by atomic mass is 9.80. The Morgan fingerprint density at radius 1 is 1.21 bits per heavy atom. The van der Waals surface area contributed by atoms with Gasteiger partial charge in [0.15, 0.2) is 0 Å². The Labute approximate surface area is 117 Å². The summed E-state index contributed by atoms with van der Waals surface area (Å²) in [6.45, 7) is 8.07. The lowest BCUT2D eigenvalue weighted by molar-refractivity contribution is 0.0963. The number of benzene rings is 1. The summed E-state index contributed by atoms with van der Waals surface area (Å²) in [6.07, 6.45) is 2.17. The molecule has 0 aromatic heterocycles. The Hall–Kier alpha value is -0.900. The summed E-state index contributed by atoms with van der Waals surface area (Å²) in [6, 6.07) is 10.7. The molecule has 0 radical (unpaired) electrons. The van der Waals surface area contributed by atoms with Crippen LogP contribution in [-0.4, -0.2) is 19.3 Å². The molecule has 0 spiro atoms. The van der Waals surface area contributed by atoms with Gasteiger partial charge in [-0.1, -0.05) is 57.5 Å². The van der Waals surface area contributed by atoms with Gasteiger partial charge in [-0.3, -0.25) is 11.3 Å². The second kappa shape index (κ2) is 9.08. The van der Waals surface area contributed by atoms with Gasteiger partial charge in [-0.05, 0) is 17.9 Å². The largest absolute Gasteiger partial charge is 0.380 e. The Balaban J connectivity index is 2.82. The van der Waals surface area contributed by atoms with Crippen molar-refractivity contribution < 1.29 is 4.74 Å². The first-order chi connectivity index (χ1) is 9.24. The minimum Gasteiger partial charge on any atom is -0.380 e. The monoisotopic (exact) mass is 264 g/mol. The first-order valence-electron chi connectivity index (χ1n) is 7.33. The lowest BCUT2D eigenvalue weighted by Crippen LogP contribution is -2.45. The maximum absolute atomic E-state index is 5.76. The van der Waals surface area contributed by atoms with Crippen molar-refractivity contribution in [2.75, 3.05) is 13.2 Å². The maximum atomic E-state index is 5.76. The highest BCUT2D eigenvalue weighted by atomic mass is 16.5. The van der Waals surface area contributed by atoms with Crippen molar-refractivity contribution in [3.63, 3.8) is 0 Å². The summed E-state index contributed by atoms with van der Waals surface area (Å²) in [5, 5.41) is 0. The van der Waals surface area contributed by atoms with Crippen LogP contribution in [-0.2, 0) is 4.74 Å². The predicted octanol–water partition coefficient (Wildman–Crippen LogP) is 3.07. The van der Waals surface area contributed by atoms with Crippen LogP contribution >= 0.6 is 0 Å². The third-order valence-corrected chi connectivity index (χ3v) is 3.73. The molecular formula is C16H28N2O. The summed E-state index contributed by atoms with van der Waals surface area (Å²) in [5.74, 6) is 6.70. The fourth-order valence-electron chi connectivity index (χ4n) is 2.50. The summed E-state index contributed by atoms with van der Waals surface area (Å²) >= 11 is 0. The molecule has 0 saturated carbocycles. The van der Waals surface area contributed by atoms with Gasteiger partial charge in [-0.2, -0.15) is 0 Å². The molecule has 0 fully saturated rings. The van der Waals surface area contributed by atoms with Crippen LogP contribution in [0.3, 0.4) is 0 Å². The Morgan fingerprint density at radius 2 is 1.89 bits per heavy atom. The van der Waals surface area contributed by atoms with Gasteiger partial charge in [0.25, 0.3) is 0 Å². The van der Waals surface area contributed by atoms with E-state index in [4.69, 9.17) is 10.6 Å². The number of ether oxygens (including phenoxy) is 1. The molecule has 0 aliphatic carbocycles. The number of rotatable bonds is 9. The van der Waals surface area contributed by atoms with E-state index in [1.807, 2.05) is 0 Å². The van der Waals surface area contributed by atoms with Crippen LogP contribution in [0.2, 0.25) is 0 Å².